The number of benzene rings is 1. The summed E-state index contributed by atoms with van der Waals surface area (Å²) in [6.07, 6.45) is 2.39. The van der Waals surface area contributed by atoms with Gasteiger partial charge in [-0.25, -0.2) is 0 Å². The molecule has 3 nitrogen and oxygen atoms in total. The van der Waals surface area contributed by atoms with Crippen molar-refractivity contribution in [1.29, 1.82) is 0 Å². The number of fused-ring (bicyclic) bond motifs is 1. The van der Waals surface area contributed by atoms with Crippen LogP contribution in [0, 0.1) is 5.92 Å². The van der Waals surface area contributed by atoms with E-state index in [1.54, 1.807) is 0 Å². The molecule has 1 aliphatic carbocycles. The number of rotatable bonds is 5. The minimum atomic E-state index is -0.0727. The molecule has 0 unspecified atom stereocenters. The highest BCUT2D eigenvalue weighted by atomic mass is 16.1. The number of amides is 1. The Bertz CT molecular complexity index is 515. The maximum Gasteiger partial charge on any atom is 0.211 e. The van der Waals surface area contributed by atoms with E-state index in [-0.39, 0.29) is 5.78 Å². The highest BCUT2D eigenvalue weighted by Gasteiger charge is 2.28. The van der Waals surface area contributed by atoms with Crippen molar-refractivity contribution in [3.8, 4) is 0 Å². The molecule has 0 atom stereocenters. The van der Waals surface area contributed by atoms with Gasteiger partial charge in [0.1, 0.15) is 0 Å². The van der Waals surface area contributed by atoms with Crippen molar-refractivity contribution in [2.45, 2.75) is 26.7 Å². The van der Waals surface area contributed by atoms with Crippen LogP contribution in [0.15, 0.2) is 30.0 Å². The summed E-state index contributed by atoms with van der Waals surface area (Å²) in [6, 6.07) is 7.53. The Kier molecular flexibility index (Phi) is 3.60. The lowest BCUT2D eigenvalue weighted by Crippen LogP contribution is -2.16. The first kappa shape index (κ1) is 12.6. The predicted octanol–water partition coefficient (Wildman–Crippen LogP) is 2.78. The zero-order valence-electron chi connectivity index (χ0n) is 10.7. The largest absolute Gasteiger partial charge is 0.325 e. The highest BCUT2D eigenvalue weighted by molar-refractivity contribution is 6.21. The second-order valence-corrected chi connectivity index (χ2v) is 4.92. The molecule has 1 N–H and O–H groups in total. The SMILES string of the molecule is CC(C)CCC1=C(NC=O)C(=O)c2ccccc21. The number of hydrogen-bond acceptors (Lipinski definition) is 2. The Morgan fingerprint density at radius 2 is 1.89 bits per heavy atom. The summed E-state index contributed by atoms with van der Waals surface area (Å²) in [5, 5.41) is 2.56. The summed E-state index contributed by atoms with van der Waals surface area (Å²) in [5.74, 6) is 0.495. The number of carbonyl (C=O) groups excluding carboxylic acids is 2. The third kappa shape index (κ3) is 2.21. The molecule has 1 aromatic carbocycles. The van der Waals surface area contributed by atoms with Crippen molar-refractivity contribution >= 4 is 17.8 Å². The molecule has 2 rings (SSSR count). The standard InChI is InChI=1S/C15H17NO2/c1-10(2)7-8-12-11-5-3-4-6-13(11)15(18)14(12)16-9-17/h3-6,9-10H,7-8H2,1-2H3,(H,16,17,18). The average Bonchev–Trinajstić information content (AvgIpc) is 2.62. The zero-order valence-corrected chi connectivity index (χ0v) is 10.7. The lowest BCUT2D eigenvalue weighted by atomic mass is 9.98. The minimum absolute atomic E-state index is 0.0727. The number of ketones is 1. The molecule has 18 heavy (non-hydrogen) atoms. The molecule has 1 aromatic rings. The fraction of sp³-hybridized carbons (Fsp3) is 0.333. The topological polar surface area (TPSA) is 46.2 Å². The van der Waals surface area contributed by atoms with E-state index in [1.807, 2.05) is 24.3 Å². The quantitative estimate of drug-likeness (QED) is 0.808. The van der Waals surface area contributed by atoms with Gasteiger partial charge in [-0.05, 0) is 29.9 Å². The number of Topliss-reactive ketones (excluding diaryl/α,β-unsaturated/α-hetero) is 1. The van der Waals surface area contributed by atoms with Crippen LogP contribution in [0.3, 0.4) is 0 Å². The van der Waals surface area contributed by atoms with Crippen molar-refractivity contribution in [2.24, 2.45) is 5.92 Å². The van der Waals surface area contributed by atoms with Crippen LogP contribution >= 0.6 is 0 Å². The zero-order chi connectivity index (χ0) is 13.1. The third-order valence-corrected chi connectivity index (χ3v) is 3.20. The molecule has 0 bridgehead atoms. The summed E-state index contributed by atoms with van der Waals surface area (Å²) in [7, 11) is 0. The minimum Gasteiger partial charge on any atom is -0.325 e. The summed E-state index contributed by atoms with van der Waals surface area (Å²) < 4.78 is 0. The van der Waals surface area contributed by atoms with E-state index >= 15 is 0 Å². The van der Waals surface area contributed by atoms with Gasteiger partial charge in [0.05, 0.1) is 5.70 Å². The van der Waals surface area contributed by atoms with Crippen molar-refractivity contribution in [3.05, 3.63) is 41.1 Å². The Morgan fingerprint density at radius 1 is 1.22 bits per heavy atom. The second-order valence-electron chi connectivity index (χ2n) is 4.92. The fourth-order valence-corrected chi connectivity index (χ4v) is 2.25. The van der Waals surface area contributed by atoms with E-state index in [1.165, 1.54) is 0 Å². The lowest BCUT2D eigenvalue weighted by Gasteiger charge is -2.08. The number of carbonyl (C=O) groups is 2. The molecule has 0 radical (unpaired) electrons. The molecule has 0 aromatic heterocycles. The fourth-order valence-electron chi connectivity index (χ4n) is 2.25. The van der Waals surface area contributed by atoms with Gasteiger partial charge in [0.2, 0.25) is 12.2 Å². The lowest BCUT2D eigenvalue weighted by molar-refractivity contribution is -0.108. The van der Waals surface area contributed by atoms with Crippen LogP contribution in [0.5, 0.6) is 0 Å². The Hall–Kier alpha value is -1.90. The summed E-state index contributed by atoms with van der Waals surface area (Å²) in [5.41, 5.74) is 3.08. The first-order valence-corrected chi connectivity index (χ1v) is 6.22. The monoisotopic (exact) mass is 243 g/mol. The molecule has 1 aliphatic rings. The van der Waals surface area contributed by atoms with Gasteiger partial charge in [0.25, 0.3) is 0 Å². The van der Waals surface area contributed by atoms with E-state index < -0.39 is 0 Å². The summed E-state index contributed by atoms with van der Waals surface area (Å²) in [6.45, 7) is 4.30. The smallest absolute Gasteiger partial charge is 0.211 e. The van der Waals surface area contributed by atoms with Crippen LogP contribution in [0.25, 0.3) is 5.57 Å². The molecule has 0 saturated carbocycles. The average molecular weight is 243 g/mol. The molecule has 0 saturated heterocycles. The molecule has 94 valence electrons. The van der Waals surface area contributed by atoms with Gasteiger partial charge in [0, 0.05) is 5.56 Å². The Morgan fingerprint density at radius 3 is 2.50 bits per heavy atom. The highest BCUT2D eigenvalue weighted by Crippen LogP contribution is 2.34. The van der Waals surface area contributed by atoms with Crippen LogP contribution in [0.4, 0.5) is 0 Å². The molecule has 3 heteroatoms. The third-order valence-electron chi connectivity index (χ3n) is 3.20. The predicted molar refractivity (Wildman–Crippen MR) is 71.0 cm³/mol. The van der Waals surface area contributed by atoms with E-state index in [0.29, 0.717) is 23.6 Å². The van der Waals surface area contributed by atoms with E-state index in [4.69, 9.17) is 0 Å². The van der Waals surface area contributed by atoms with Crippen LogP contribution < -0.4 is 5.32 Å². The number of nitrogens with one attached hydrogen (secondary N) is 1. The van der Waals surface area contributed by atoms with Gasteiger partial charge in [-0.3, -0.25) is 9.59 Å². The normalized spacial score (nSPS) is 14.1. The van der Waals surface area contributed by atoms with Gasteiger partial charge in [-0.1, -0.05) is 38.1 Å². The first-order chi connectivity index (χ1) is 8.65. The second kappa shape index (κ2) is 5.17. The summed E-state index contributed by atoms with van der Waals surface area (Å²) >= 11 is 0. The van der Waals surface area contributed by atoms with Crippen molar-refractivity contribution in [3.63, 3.8) is 0 Å². The van der Waals surface area contributed by atoms with E-state index in [0.717, 1.165) is 24.0 Å². The first-order valence-electron chi connectivity index (χ1n) is 6.22. The van der Waals surface area contributed by atoms with Gasteiger partial charge < -0.3 is 5.32 Å². The number of hydrogen-bond donors (Lipinski definition) is 1. The number of allylic oxidation sites excluding steroid dienone is 2. The van der Waals surface area contributed by atoms with Gasteiger partial charge in [-0.2, -0.15) is 0 Å². The van der Waals surface area contributed by atoms with E-state index in [2.05, 4.69) is 19.2 Å². The van der Waals surface area contributed by atoms with Crippen LogP contribution in [0.2, 0.25) is 0 Å². The molecule has 0 spiro atoms. The molecule has 1 amide bonds. The van der Waals surface area contributed by atoms with Crippen LogP contribution in [-0.4, -0.2) is 12.2 Å². The molecule has 0 heterocycles. The molecule has 0 aliphatic heterocycles. The van der Waals surface area contributed by atoms with Crippen molar-refractivity contribution in [2.75, 3.05) is 0 Å². The van der Waals surface area contributed by atoms with Gasteiger partial charge >= 0.3 is 0 Å². The molecular formula is C15H17NO2. The Balaban J connectivity index is 2.39. The Labute approximate surface area is 107 Å². The van der Waals surface area contributed by atoms with Gasteiger partial charge in [0.15, 0.2) is 0 Å². The van der Waals surface area contributed by atoms with Crippen molar-refractivity contribution in [1.82, 2.24) is 5.32 Å². The molecule has 0 fully saturated rings. The van der Waals surface area contributed by atoms with Crippen LogP contribution in [0.1, 0.15) is 42.6 Å². The maximum atomic E-state index is 12.2. The summed E-state index contributed by atoms with van der Waals surface area (Å²) in [4.78, 5) is 22.8. The van der Waals surface area contributed by atoms with Crippen LogP contribution in [-0.2, 0) is 4.79 Å². The van der Waals surface area contributed by atoms with Gasteiger partial charge in [-0.15, -0.1) is 0 Å². The van der Waals surface area contributed by atoms with Crippen molar-refractivity contribution < 1.29 is 9.59 Å². The maximum absolute atomic E-state index is 12.2. The molecular weight excluding hydrogens is 226 g/mol. The van der Waals surface area contributed by atoms with E-state index in [9.17, 15) is 9.59 Å².